The van der Waals surface area contributed by atoms with Crippen LogP contribution in [0.5, 0.6) is 5.75 Å². The lowest BCUT2D eigenvalue weighted by molar-refractivity contribution is -0.385. The molecule has 1 aromatic rings. The molecule has 1 aliphatic rings. The molecule has 1 N–H and O–H groups in total. The normalized spacial score (nSPS) is 16.8. The van der Waals surface area contributed by atoms with Crippen LogP contribution < -0.4 is 4.74 Å². The lowest BCUT2D eigenvalue weighted by Gasteiger charge is -2.28. The lowest BCUT2D eigenvalue weighted by atomic mass is 10.1. The maximum atomic E-state index is 12.9. The Morgan fingerprint density at radius 3 is 2.61 bits per heavy atom. The van der Waals surface area contributed by atoms with Gasteiger partial charge in [0.2, 0.25) is 5.91 Å². The van der Waals surface area contributed by atoms with Crippen LogP contribution in [0, 0.1) is 10.1 Å². The van der Waals surface area contributed by atoms with Crippen LogP contribution in [0.25, 0.3) is 0 Å². The first-order chi connectivity index (χ1) is 13.2. The van der Waals surface area contributed by atoms with Crippen molar-refractivity contribution in [1.29, 1.82) is 0 Å². The minimum Gasteiger partial charge on any atom is -0.497 e. The van der Waals surface area contributed by atoms with E-state index in [0.29, 0.717) is 31.6 Å². The first-order valence-electron chi connectivity index (χ1n) is 8.85. The van der Waals surface area contributed by atoms with E-state index in [-0.39, 0.29) is 29.7 Å². The Balaban J connectivity index is 2.20. The number of aliphatic carboxylic acids is 1. The van der Waals surface area contributed by atoms with Crippen LogP contribution in [0.3, 0.4) is 0 Å². The predicted molar refractivity (Wildman–Crippen MR) is 98.2 cm³/mol. The fraction of sp³-hybridized carbons (Fsp3) is 0.500. The van der Waals surface area contributed by atoms with Crippen LogP contribution in [-0.4, -0.2) is 70.4 Å². The number of carbonyl (C=O) groups is 3. The quantitative estimate of drug-likeness (QED) is 0.573. The summed E-state index contributed by atoms with van der Waals surface area (Å²) in [5.41, 5.74) is -0.361. The average Bonchev–Trinajstić information content (AvgIpc) is 2.90. The van der Waals surface area contributed by atoms with Gasteiger partial charge in [-0.25, -0.2) is 0 Å². The Morgan fingerprint density at radius 2 is 2.04 bits per heavy atom. The number of hydrogen-bond acceptors (Lipinski definition) is 6. The fourth-order valence-electron chi connectivity index (χ4n) is 3.38. The number of ether oxygens (including phenoxy) is 1. The van der Waals surface area contributed by atoms with E-state index >= 15 is 0 Å². The highest BCUT2D eigenvalue weighted by molar-refractivity contribution is 5.98. The molecule has 1 aromatic carbocycles. The maximum absolute atomic E-state index is 12.9. The van der Waals surface area contributed by atoms with Crippen LogP contribution in [0.1, 0.15) is 36.5 Å². The molecule has 0 aliphatic carbocycles. The number of rotatable bonds is 6. The van der Waals surface area contributed by atoms with Gasteiger partial charge in [0.25, 0.3) is 11.6 Å². The van der Waals surface area contributed by atoms with Gasteiger partial charge in [0.05, 0.1) is 12.0 Å². The highest BCUT2D eigenvalue weighted by atomic mass is 16.6. The van der Waals surface area contributed by atoms with Crippen LogP contribution in [0.15, 0.2) is 18.2 Å². The van der Waals surface area contributed by atoms with E-state index < -0.39 is 23.3 Å². The zero-order chi connectivity index (χ0) is 20.8. The van der Waals surface area contributed by atoms with Crippen LogP contribution in [0.4, 0.5) is 5.69 Å². The number of benzene rings is 1. The van der Waals surface area contributed by atoms with Gasteiger partial charge in [0, 0.05) is 32.1 Å². The van der Waals surface area contributed by atoms with E-state index in [0.717, 1.165) is 0 Å². The van der Waals surface area contributed by atoms with Crippen molar-refractivity contribution in [2.75, 3.05) is 26.7 Å². The number of nitro benzene ring substituents is 1. The van der Waals surface area contributed by atoms with Gasteiger partial charge in [-0.2, -0.15) is 0 Å². The number of nitrogens with zero attached hydrogens (tertiary/aromatic N) is 3. The van der Waals surface area contributed by atoms with Crippen molar-refractivity contribution >= 4 is 23.5 Å². The van der Waals surface area contributed by atoms with Crippen molar-refractivity contribution in [3.63, 3.8) is 0 Å². The number of carbonyl (C=O) groups excluding carboxylic acids is 2. The molecule has 0 bridgehead atoms. The molecule has 0 radical (unpaired) electrons. The highest BCUT2D eigenvalue weighted by Crippen LogP contribution is 2.27. The average molecular weight is 393 g/mol. The molecule has 0 aromatic heterocycles. The molecule has 10 heteroatoms. The summed E-state index contributed by atoms with van der Waals surface area (Å²) >= 11 is 0. The van der Waals surface area contributed by atoms with Crippen molar-refractivity contribution < 1.29 is 29.2 Å². The Kier molecular flexibility index (Phi) is 6.91. The smallest absolute Gasteiger partial charge is 0.323 e. The number of likely N-dealkylation sites (tertiary alicyclic amines) is 1. The molecule has 1 aliphatic heterocycles. The molecular formula is C18H23N3O7. The molecule has 2 amide bonds. The van der Waals surface area contributed by atoms with Gasteiger partial charge in [0.1, 0.15) is 17.9 Å². The van der Waals surface area contributed by atoms with Crippen LogP contribution >= 0.6 is 0 Å². The van der Waals surface area contributed by atoms with Crippen molar-refractivity contribution in [2.24, 2.45) is 0 Å². The molecule has 1 heterocycles. The summed E-state index contributed by atoms with van der Waals surface area (Å²) in [5.74, 6) is -1.58. The van der Waals surface area contributed by atoms with Gasteiger partial charge < -0.3 is 19.6 Å². The topological polar surface area (TPSA) is 130 Å². The Morgan fingerprint density at radius 1 is 1.32 bits per heavy atom. The summed E-state index contributed by atoms with van der Waals surface area (Å²) in [7, 11) is 1.41. The van der Waals surface area contributed by atoms with Crippen LogP contribution in [-0.2, 0) is 9.59 Å². The fourth-order valence-corrected chi connectivity index (χ4v) is 3.38. The SMILES string of the molecule is COc1ccc([N+](=O)[O-])c(C(=O)N2CCCC(N(CC(=O)O)C(C)=O)CC2)c1. The van der Waals surface area contributed by atoms with Gasteiger partial charge in [-0.3, -0.25) is 24.5 Å². The maximum Gasteiger partial charge on any atom is 0.323 e. The first kappa shape index (κ1) is 21.1. The zero-order valence-electron chi connectivity index (χ0n) is 15.8. The minimum absolute atomic E-state index is 0.0586. The summed E-state index contributed by atoms with van der Waals surface area (Å²) in [6, 6.07) is 3.70. The predicted octanol–water partition coefficient (Wildman–Crippen LogP) is 1.53. The second-order valence-electron chi connectivity index (χ2n) is 6.56. The monoisotopic (exact) mass is 393 g/mol. The summed E-state index contributed by atoms with van der Waals surface area (Å²) in [5, 5.41) is 20.3. The third kappa shape index (κ3) is 4.96. The Hall–Kier alpha value is -3.17. The number of nitro groups is 1. The van der Waals surface area contributed by atoms with Crippen molar-refractivity contribution in [2.45, 2.75) is 32.2 Å². The molecular weight excluding hydrogens is 370 g/mol. The number of carboxylic acid groups (broad SMARTS) is 1. The van der Waals surface area contributed by atoms with Crippen molar-refractivity contribution in [1.82, 2.24) is 9.80 Å². The summed E-state index contributed by atoms with van der Waals surface area (Å²) in [4.78, 5) is 49.2. The van der Waals surface area contributed by atoms with E-state index in [1.165, 1.54) is 42.0 Å². The second-order valence-corrected chi connectivity index (χ2v) is 6.56. The summed E-state index contributed by atoms with van der Waals surface area (Å²) in [6.07, 6.45) is 1.50. The Labute approximate surface area is 161 Å². The first-order valence-corrected chi connectivity index (χ1v) is 8.85. The van der Waals surface area contributed by atoms with E-state index in [2.05, 4.69) is 0 Å². The summed E-state index contributed by atoms with van der Waals surface area (Å²) in [6.45, 7) is 1.55. The summed E-state index contributed by atoms with van der Waals surface area (Å²) < 4.78 is 5.07. The zero-order valence-corrected chi connectivity index (χ0v) is 15.8. The van der Waals surface area contributed by atoms with E-state index in [9.17, 15) is 24.5 Å². The van der Waals surface area contributed by atoms with Gasteiger partial charge in [-0.1, -0.05) is 0 Å². The molecule has 152 valence electrons. The number of hydrogen-bond donors (Lipinski definition) is 1. The molecule has 10 nitrogen and oxygen atoms in total. The molecule has 28 heavy (non-hydrogen) atoms. The highest BCUT2D eigenvalue weighted by Gasteiger charge is 2.30. The number of amides is 2. The minimum atomic E-state index is -1.10. The molecule has 1 saturated heterocycles. The molecule has 0 saturated carbocycles. The van der Waals surface area contributed by atoms with E-state index in [1.807, 2.05) is 0 Å². The van der Waals surface area contributed by atoms with Gasteiger partial charge in [-0.15, -0.1) is 0 Å². The van der Waals surface area contributed by atoms with Crippen molar-refractivity contribution in [3.05, 3.63) is 33.9 Å². The molecule has 1 atom stereocenters. The third-order valence-electron chi connectivity index (χ3n) is 4.77. The largest absolute Gasteiger partial charge is 0.497 e. The van der Waals surface area contributed by atoms with Crippen molar-refractivity contribution in [3.8, 4) is 5.75 Å². The second kappa shape index (κ2) is 9.16. The van der Waals surface area contributed by atoms with Gasteiger partial charge >= 0.3 is 5.97 Å². The van der Waals surface area contributed by atoms with Gasteiger partial charge in [0.15, 0.2) is 0 Å². The van der Waals surface area contributed by atoms with Crippen LogP contribution in [0.2, 0.25) is 0 Å². The van der Waals surface area contributed by atoms with E-state index in [4.69, 9.17) is 9.84 Å². The third-order valence-corrected chi connectivity index (χ3v) is 4.77. The lowest BCUT2D eigenvalue weighted by Crippen LogP contribution is -2.43. The Bertz CT molecular complexity index is 780. The molecule has 1 unspecified atom stereocenters. The molecule has 1 fully saturated rings. The number of methoxy groups -OCH3 is 1. The molecule has 2 rings (SSSR count). The van der Waals surface area contributed by atoms with E-state index in [1.54, 1.807) is 0 Å². The molecule has 0 spiro atoms. The van der Waals surface area contributed by atoms with Gasteiger partial charge in [-0.05, 0) is 31.4 Å². The standard InChI is InChI=1S/C18H23N3O7/c1-12(22)20(11-17(23)24)13-4-3-8-19(9-7-13)18(25)15-10-14(28-2)5-6-16(15)21(26)27/h5-6,10,13H,3-4,7-9,11H2,1-2H3,(H,23,24). The number of carboxylic acids is 1.